The van der Waals surface area contributed by atoms with Gasteiger partial charge in [0.1, 0.15) is 0 Å². The van der Waals surface area contributed by atoms with Crippen LogP contribution in [0.15, 0.2) is 42.5 Å². The summed E-state index contributed by atoms with van der Waals surface area (Å²) in [7, 11) is 0. The molecule has 8 heteroatoms. The molecule has 28 heavy (non-hydrogen) atoms. The average molecular weight is 420 g/mol. The van der Waals surface area contributed by atoms with Crippen molar-refractivity contribution in [3.63, 3.8) is 0 Å². The van der Waals surface area contributed by atoms with Crippen LogP contribution in [0.4, 0.5) is 5.69 Å². The zero-order chi connectivity index (χ0) is 20.1. The molecule has 3 rings (SSSR count). The normalized spacial score (nSPS) is 13.5. The molecule has 0 atom stereocenters. The Kier molecular flexibility index (Phi) is 6.54. The second kappa shape index (κ2) is 9.08. The second-order valence-electron chi connectivity index (χ2n) is 6.40. The van der Waals surface area contributed by atoms with E-state index in [0.717, 1.165) is 24.2 Å². The van der Waals surface area contributed by atoms with E-state index in [2.05, 4.69) is 10.6 Å². The van der Waals surface area contributed by atoms with Crippen LogP contribution >= 0.6 is 23.2 Å². The average Bonchev–Trinajstić information content (AvgIpc) is 3.13. The number of carbonyl (C=O) groups is 3. The molecule has 0 aromatic heterocycles. The lowest BCUT2D eigenvalue weighted by atomic mass is 10.2. The summed E-state index contributed by atoms with van der Waals surface area (Å²) in [6, 6.07) is 12.0. The van der Waals surface area contributed by atoms with E-state index in [-0.39, 0.29) is 23.4 Å². The van der Waals surface area contributed by atoms with Crippen LogP contribution in [-0.4, -0.2) is 30.8 Å². The van der Waals surface area contributed by atoms with Gasteiger partial charge in [0.25, 0.3) is 5.91 Å². The lowest BCUT2D eigenvalue weighted by Crippen LogP contribution is -2.36. The molecule has 2 aromatic carbocycles. The summed E-state index contributed by atoms with van der Waals surface area (Å²) in [5.74, 6) is -0.584. The number of carbonyl (C=O) groups excluding carboxylic acids is 3. The van der Waals surface area contributed by atoms with Gasteiger partial charge in [-0.2, -0.15) is 0 Å². The van der Waals surface area contributed by atoms with Crippen molar-refractivity contribution >= 4 is 46.6 Å². The van der Waals surface area contributed by atoms with E-state index in [1.54, 1.807) is 4.90 Å². The van der Waals surface area contributed by atoms with Crippen molar-refractivity contribution in [1.82, 2.24) is 10.6 Å². The fourth-order valence-electron chi connectivity index (χ4n) is 2.88. The molecule has 0 unspecified atom stereocenters. The molecule has 0 bridgehead atoms. The highest BCUT2D eigenvalue weighted by atomic mass is 35.5. The lowest BCUT2D eigenvalue weighted by Gasteiger charge is -2.16. The van der Waals surface area contributed by atoms with E-state index in [1.807, 2.05) is 24.3 Å². The third-order valence-corrected chi connectivity index (χ3v) is 5.14. The number of rotatable bonds is 6. The minimum atomic E-state index is -0.409. The molecular weight excluding hydrogens is 401 g/mol. The van der Waals surface area contributed by atoms with Crippen LogP contribution in [0.3, 0.4) is 0 Å². The van der Waals surface area contributed by atoms with Crippen molar-refractivity contribution in [2.75, 3.05) is 18.0 Å². The van der Waals surface area contributed by atoms with E-state index in [1.165, 1.54) is 18.2 Å². The molecule has 2 aromatic rings. The first-order chi connectivity index (χ1) is 13.4. The molecule has 0 spiro atoms. The van der Waals surface area contributed by atoms with Gasteiger partial charge in [0, 0.05) is 30.8 Å². The Morgan fingerprint density at radius 1 is 1.00 bits per heavy atom. The molecule has 1 saturated heterocycles. The molecule has 6 nitrogen and oxygen atoms in total. The second-order valence-corrected chi connectivity index (χ2v) is 7.22. The Labute approximate surface area is 172 Å². The van der Waals surface area contributed by atoms with Crippen LogP contribution in [0.1, 0.15) is 28.8 Å². The number of halogens is 2. The molecule has 2 N–H and O–H groups in total. The van der Waals surface area contributed by atoms with Gasteiger partial charge in [-0.15, -0.1) is 0 Å². The largest absolute Gasteiger partial charge is 0.350 e. The standard InChI is InChI=1S/C20H19Cl2N3O3/c21-16-8-5-14(10-17(16)22)20(28)24-12-18(26)23-11-13-3-6-15(7-4-13)25-9-1-2-19(25)27/h3-8,10H,1-2,9,11-12H2,(H,23,26)(H,24,28). The first-order valence-corrected chi connectivity index (χ1v) is 9.59. The van der Waals surface area contributed by atoms with Gasteiger partial charge in [0.2, 0.25) is 11.8 Å². The molecule has 3 amide bonds. The van der Waals surface area contributed by atoms with Crippen molar-refractivity contribution in [1.29, 1.82) is 0 Å². The van der Waals surface area contributed by atoms with Crippen LogP contribution in [-0.2, 0) is 16.1 Å². The Balaban J connectivity index is 1.45. The number of nitrogens with zero attached hydrogens (tertiary/aromatic N) is 1. The summed E-state index contributed by atoms with van der Waals surface area (Å²) < 4.78 is 0. The smallest absolute Gasteiger partial charge is 0.251 e. The van der Waals surface area contributed by atoms with Crippen LogP contribution in [0.5, 0.6) is 0 Å². The highest BCUT2D eigenvalue weighted by Crippen LogP contribution is 2.23. The zero-order valence-electron chi connectivity index (χ0n) is 15.0. The molecule has 0 aliphatic carbocycles. The lowest BCUT2D eigenvalue weighted by molar-refractivity contribution is -0.120. The van der Waals surface area contributed by atoms with E-state index < -0.39 is 5.91 Å². The van der Waals surface area contributed by atoms with E-state index >= 15 is 0 Å². The van der Waals surface area contributed by atoms with Crippen LogP contribution in [0.25, 0.3) is 0 Å². The predicted molar refractivity (Wildman–Crippen MR) is 109 cm³/mol. The van der Waals surface area contributed by atoms with Gasteiger partial charge in [-0.25, -0.2) is 0 Å². The minimum absolute atomic E-state index is 0.138. The maximum Gasteiger partial charge on any atom is 0.251 e. The van der Waals surface area contributed by atoms with Crippen LogP contribution < -0.4 is 15.5 Å². The van der Waals surface area contributed by atoms with E-state index in [4.69, 9.17) is 23.2 Å². The third-order valence-electron chi connectivity index (χ3n) is 4.40. The molecule has 1 aliphatic rings. The predicted octanol–water partition coefficient (Wildman–Crippen LogP) is 3.17. The monoisotopic (exact) mass is 419 g/mol. The van der Waals surface area contributed by atoms with Crippen molar-refractivity contribution in [3.8, 4) is 0 Å². The highest BCUT2D eigenvalue weighted by Gasteiger charge is 2.21. The highest BCUT2D eigenvalue weighted by molar-refractivity contribution is 6.42. The maximum absolute atomic E-state index is 12.1. The Hall–Kier alpha value is -2.57. The van der Waals surface area contributed by atoms with Gasteiger partial charge in [0.15, 0.2) is 0 Å². The van der Waals surface area contributed by atoms with E-state index in [0.29, 0.717) is 23.6 Å². The van der Waals surface area contributed by atoms with Crippen molar-refractivity contribution in [3.05, 3.63) is 63.6 Å². The topological polar surface area (TPSA) is 78.5 Å². The van der Waals surface area contributed by atoms with Gasteiger partial charge >= 0.3 is 0 Å². The van der Waals surface area contributed by atoms with Gasteiger partial charge in [0.05, 0.1) is 16.6 Å². The summed E-state index contributed by atoms with van der Waals surface area (Å²) in [4.78, 5) is 37.5. The number of benzene rings is 2. The minimum Gasteiger partial charge on any atom is -0.350 e. The van der Waals surface area contributed by atoms with Crippen LogP contribution in [0.2, 0.25) is 10.0 Å². The van der Waals surface area contributed by atoms with E-state index in [9.17, 15) is 14.4 Å². The fraction of sp³-hybridized carbons (Fsp3) is 0.250. The first-order valence-electron chi connectivity index (χ1n) is 8.83. The third kappa shape index (κ3) is 5.03. The van der Waals surface area contributed by atoms with Crippen LogP contribution in [0, 0.1) is 0 Å². The van der Waals surface area contributed by atoms with Gasteiger partial charge in [-0.05, 0) is 42.3 Å². The van der Waals surface area contributed by atoms with Gasteiger partial charge in [-0.3, -0.25) is 14.4 Å². The summed E-state index contributed by atoms with van der Waals surface area (Å²) in [6.07, 6.45) is 1.47. The number of amides is 3. The molecule has 146 valence electrons. The summed E-state index contributed by atoms with van der Waals surface area (Å²) in [5, 5.41) is 5.91. The number of nitrogens with one attached hydrogen (secondary N) is 2. The Bertz CT molecular complexity index is 900. The fourth-order valence-corrected chi connectivity index (χ4v) is 3.18. The molecule has 0 saturated carbocycles. The van der Waals surface area contributed by atoms with Crippen molar-refractivity contribution < 1.29 is 14.4 Å². The number of anilines is 1. The summed E-state index contributed by atoms with van der Waals surface area (Å²) in [6.45, 7) is 0.919. The molecule has 1 heterocycles. The first kappa shape index (κ1) is 20.2. The summed E-state index contributed by atoms with van der Waals surface area (Å²) in [5.41, 5.74) is 2.10. The van der Waals surface area contributed by atoms with Gasteiger partial charge < -0.3 is 15.5 Å². The quantitative estimate of drug-likeness (QED) is 0.754. The molecule has 0 radical (unpaired) electrons. The molecule has 1 fully saturated rings. The number of hydrogen-bond donors (Lipinski definition) is 2. The van der Waals surface area contributed by atoms with Crippen molar-refractivity contribution in [2.24, 2.45) is 0 Å². The number of hydrogen-bond acceptors (Lipinski definition) is 3. The Morgan fingerprint density at radius 2 is 1.75 bits per heavy atom. The van der Waals surface area contributed by atoms with Crippen molar-refractivity contribution in [2.45, 2.75) is 19.4 Å². The molecular formula is C20H19Cl2N3O3. The SMILES string of the molecule is O=C(CNC(=O)c1ccc(Cl)c(Cl)c1)NCc1ccc(N2CCCC2=O)cc1. The molecule has 1 aliphatic heterocycles. The summed E-state index contributed by atoms with van der Waals surface area (Å²) >= 11 is 11.7. The maximum atomic E-state index is 12.1. The Morgan fingerprint density at radius 3 is 2.39 bits per heavy atom. The van der Waals surface area contributed by atoms with Gasteiger partial charge in [-0.1, -0.05) is 35.3 Å². The zero-order valence-corrected chi connectivity index (χ0v) is 16.5.